The Bertz CT molecular complexity index is 860. The van der Waals surface area contributed by atoms with Crippen molar-refractivity contribution in [3.63, 3.8) is 0 Å². The number of ether oxygens (including phenoxy) is 1. The van der Waals surface area contributed by atoms with Crippen molar-refractivity contribution in [1.82, 2.24) is 4.90 Å². The second-order valence-corrected chi connectivity index (χ2v) is 10.2. The van der Waals surface area contributed by atoms with Gasteiger partial charge in [0.2, 0.25) is 0 Å². The molecule has 6 heteroatoms. The van der Waals surface area contributed by atoms with Gasteiger partial charge in [-0.1, -0.05) is 38.8 Å². The van der Waals surface area contributed by atoms with Crippen LogP contribution in [-0.4, -0.2) is 47.0 Å². The molecule has 6 nitrogen and oxygen atoms in total. The molecule has 4 aliphatic rings. The highest BCUT2D eigenvalue weighted by Gasteiger charge is 2.60. The number of rotatable bonds is 4. The third kappa shape index (κ3) is 2.83. The van der Waals surface area contributed by atoms with Gasteiger partial charge in [-0.2, -0.15) is 0 Å². The number of amides is 1. The number of fused-ring (bicyclic) bond motifs is 2. The highest BCUT2D eigenvalue weighted by atomic mass is 16.5. The molecule has 0 spiro atoms. The molecule has 4 rings (SSSR count). The number of carbonyl (C=O) groups is 3. The Morgan fingerprint density at radius 3 is 2.53 bits per heavy atom. The Balaban J connectivity index is 1.74. The zero-order valence-corrected chi connectivity index (χ0v) is 18.6. The molecule has 1 N–H and O–H groups in total. The van der Waals surface area contributed by atoms with E-state index in [1.54, 1.807) is 0 Å². The maximum absolute atomic E-state index is 13.9. The van der Waals surface area contributed by atoms with Crippen molar-refractivity contribution in [2.45, 2.75) is 59.1 Å². The summed E-state index contributed by atoms with van der Waals surface area (Å²) in [4.78, 5) is 40.3. The van der Waals surface area contributed by atoms with Gasteiger partial charge in [0.15, 0.2) is 11.5 Å². The molecular formula is C24H33NO5. The van der Waals surface area contributed by atoms with E-state index in [0.717, 1.165) is 19.3 Å². The van der Waals surface area contributed by atoms with Crippen LogP contribution in [0.2, 0.25) is 0 Å². The molecular weight excluding hydrogens is 382 g/mol. The van der Waals surface area contributed by atoms with E-state index >= 15 is 0 Å². The third-order valence-corrected chi connectivity index (χ3v) is 8.44. The quantitative estimate of drug-likeness (QED) is 0.562. The first-order valence-corrected chi connectivity index (χ1v) is 11.1. The number of hydrogen-bond donors (Lipinski definition) is 1. The van der Waals surface area contributed by atoms with Crippen molar-refractivity contribution in [3.05, 3.63) is 23.3 Å². The van der Waals surface area contributed by atoms with Gasteiger partial charge in [-0.25, -0.2) is 0 Å². The molecule has 2 aliphatic carbocycles. The SMILES string of the molecule is CO[C@]12C=C(C(=O)[C@H]3[C@H]4CC[C@H](C)C[C@@]4(C)C=C(C)[C@@H]3C)C(=O)N1CC[C@H]2C(=O)O. The molecule has 164 valence electrons. The predicted molar refractivity (Wildman–Crippen MR) is 111 cm³/mol. The Kier molecular flexibility index (Phi) is 5.00. The van der Waals surface area contributed by atoms with Gasteiger partial charge in [0.25, 0.3) is 5.91 Å². The van der Waals surface area contributed by atoms with Crippen molar-refractivity contribution >= 4 is 17.7 Å². The molecule has 1 amide bonds. The van der Waals surface area contributed by atoms with Crippen molar-refractivity contribution in [3.8, 4) is 0 Å². The van der Waals surface area contributed by atoms with Gasteiger partial charge in [0.05, 0.1) is 5.57 Å². The fourth-order valence-corrected chi connectivity index (χ4v) is 6.90. The maximum atomic E-state index is 13.9. The highest BCUT2D eigenvalue weighted by Crippen LogP contribution is 2.55. The summed E-state index contributed by atoms with van der Waals surface area (Å²) in [5.74, 6) is -1.78. The zero-order chi connectivity index (χ0) is 22.0. The van der Waals surface area contributed by atoms with E-state index in [4.69, 9.17) is 4.74 Å². The molecule has 0 bridgehead atoms. The minimum atomic E-state index is -1.35. The fraction of sp³-hybridized carbons (Fsp3) is 0.708. The summed E-state index contributed by atoms with van der Waals surface area (Å²) in [5.41, 5.74) is -0.0655. The number of allylic oxidation sites excluding steroid dienone is 2. The number of nitrogens with zero attached hydrogens (tertiary/aromatic N) is 1. The van der Waals surface area contributed by atoms with Gasteiger partial charge in [-0.15, -0.1) is 0 Å². The lowest BCUT2D eigenvalue weighted by atomic mass is 9.53. The predicted octanol–water partition coefficient (Wildman–Crippen LogP) is 3.43. The maximum Gasteiger partial charge on any atom is 0.311 e. The largest absolute Gasteiger partial charge is 0.481 e. The number of hydrogen-bond acceptors (Lipinski definition) is 4. The molecule has 0 unspecified atom stereocenters. The average Bonchev–Trinajstić information content (AvgIpc) is 3.18. The van der Waals surface area contributed by atoms with Crippen LogP contribution in [0.25, 0.3) is 0 Å². The molecule has 2 fully saturated rings. The van der Waals surface area contributed by atoms with Crippen molar-refractivity contribution in [2.24, 2.45) is 35.0 Å². The third-order valence-electron chi connectivity index (χ3n) is 8.44. The molecule has 0 radical (unpaired) electrons. The van der Waals surface area contributed by atoms with Gasteiger partial charge in [-0.05, 0) is 55.4 Å². The number of carboxylic acid groups (broad SMARTS) is 1. The molecule has 7 atom stereocenters. The zero-order valence-electron chi connectivity index (χ0n) is 18.6. The van der Waals surface area contributed by atoms with Crippen LogP contribution in [-0.2, 0) is 19.1 Å². The number of carbonyl (C=O) groups excluding carboxylic acids is 2. The van der Waals surface area contributed by atoms with Gasteiger partial charge in [0.1, 0.15) is 5.92 Å². The van der Waals surface area contributed by atoms with Gasteiger partial charge < -0.3 is 14.7 Å². The Morgan fingerprint density at radius 2 is 1.90 bits per heavy atom. The number of carboxylic acids is 1. The van der Waals surface area contributed by atoms with Crippen LogP contribution in [0.15, 0.2) is 23.3 Å². The smallest absolute Gasteiger partial charge is 0.311 e. The second kappa shape index (κ2) is 7.04. The topological polar surface area (TPSA) is 83.9 Å². The van der Waals surface area contributed by atoms with E-state index in [0.29, 0.717) is 12.3 Å². The minimum Gasteiger partial charge on any atom is -0.481 e. The molecule has 1 saturated heterocycles. The molecule has 30 heavy (non-hydrogen) atoms. The van der Waals surface area contributed by atoms with Crippen molar-refractivity contribution in [2.75, 3.05) is 13.7 Å². The van der Waals surface area contributed by atoms with Crippen LogP contribution in [0.4, 0.5) is 0 Å². The van der Waals surface area contributed by atoms with Crippen LogP contribution in [0.1, 0.15) is 53.4 Å². The molecule has 1 saturated carbocycles. The highest BCUT2D eigenvalue weighted by molar-refractivity contribution is 6.22. The summed E-state index contributed by atoms with van der Waals surface area (Å²) in [5, 5.41) is 9.67. The lowest BCUT2D eigenvalue weighted by molar-refractivity contribution is -0.161. The van der Waals surface area contributed by atoms with Gasteiger partial charge in [-0.3, -0.25) is 14.4 Å². The number of ketones is 1. The first-order valence-electron chi connectivity index (χ1n) is 11.1. The number of Topliss-reactive ketones (excluding diaryl/α,β-unsaturated/α-hetero) is 1. The normalized spacial score (nSPS) is 43.0. The summed E-state index contributed by atoms with van der Waals surface area (Å²) in [6.45, 7) is 8.98. The van der Waals surface area contributed by atoms with E-state index in [1.165, 1.54) is 23.7 Å². The summed E-state index contributed by atoms with van der Waals surface area (Å²) in [6.07, 6.45) is 7.32. The van der Waals surface area contributed by atoms with Gasteiger partial charge in [0, 0.05) is 19.6 Å². The lowest BCUT2D eigenvalue weighted by Crippen LogP contribution is -2.49. The average molecular weight is 416 g/mol. The van der Waals surface area contributed by atoms with Crippen LogP contribution in [0, 0.1) is 35.0 Å². The summed E-state index contributed by atoms with van der Waals surface area (Å²) >= 11 is 0. The van der Waals surface area contributed by atoms with Crippen molar-refractivity contribution < 1.29 is 24.2 Å². The van der Waals surface area contributed by atoms with Crippen LogP contribution >= 0.6 is 0 Å². The number of methoxy groups -OCH3 is 1. The van der Waals surface area contributed by atoms with Crippen molar-refractivity contribution in [1.29, 1.82) is 0 Å². The first kappa shape index (κ1) is 21.3. The van der Waals surface area contributed by atoms with E-state index in [1.807, 2.05) is 0 Å². The first-order chi connectivity index (χ1) is 14.1. The van der Waals surface area contributed by atoms with Crippen LogP contribution in [0.5, 0.6) is 0 Å². The van der Waals surface area contributed by atoms with Crippen LogP contribution < -0.4 is 0 Å². The van der Waals surface area contributed by atoms with Gasteiger partial charge >= 0.3 is 5.97 Å². The Labute approximate surface area is 178 Å². The van der Waals surface area contributed by atoms with E-state index < -0.39 is 17.6 Å². The lowest BCUT2D eigenvalue weighted by Gasteiger charge is -2.51. The molecule has 0 aromatic rings. The van der Waals surface area contributed by atoms with E-state index in [9.17, 15) is 19.5 Å². The Hall–Kier alpha value is -1.95. The van der Waals surface area contributed by atoms with E-state index in [2.05, 4.69) is 33.8 Å². The second-order valence-electron chi connectivity index (χ2n) is 10.2. The standard InChI is InChI=1S/C24H33NO5/c1-13-6-7-17-19(15(3)14(2)11-23(17,4)10-13)20(26)16-12-24(30-5)18(22(28)29)8-9-25(24)21(16)27/h11-13,15,17-19H,6-10H2,1-5H3,(H,28,29)/t13-,15-,17+,18-,19+,23-,24-/m0/s1. The van der Waals surface area contributed by atoms with E-state index in [-0.39, 0.29) is 47.0 Å². The number of aliphatic carboxylic acids is 1. The fourth-order valence-electron chi connectivity index (χ4n) is 6.90. The molecule has 2 aliphatic heterocycles. The molecule has 0 aromatic carbocycles. The minimum absolute atomic E-state index is 0.0461. The summed E-state index contributed by atoms with van der Waals surface area (Å²) in [7, 11) is 1.42. The van der Waals surface area contributed by atoms with Crippen LogP contribution in [0.3, 0.4) is 0 Å². The monoisotopic (exact) mass is 415 g/mol. The molecule has 2 heterocycles. The summed E-state index contributed by atoms with van der Waals surface area (Å²) in [6, 6.07) is 0. The summed E-state index contributed by atoms with van der Waals surface area (Å²) < 4.78 is 5.61. The molecule has 0 aromatic heterocycles. The Morgan fingerprint density at radius 1 is 1.20 bits per heavy atom.